The van der Waals surface area contributed by atoms with Crippen LogP contribution in [0.5, 0.6) is 0 Å². The Balaban J connectivity index is 2.85. The smallest absolute Gasteiger partial charge is 0.374 e. The van der Waals surface area contributed by atoms with Crippen molar-refractivity contribution in [3.8, 4) is 0 Å². The topological polar surface area (TPSA) is 132 Å². The maximum absolute atomic E-state index is 10.7. The SMILES string of the molecule is CC(=O)O/N=C(N)\C(=N/Nc1ccccc1)[N+](=O)[O-]. The van der Waals surface area contributed by atoms with Gasteiger partial charge < -0.3 is 20.7 Å². The standard InChI is InChI=1S/C10H11N5O4/c1-7(16)19-14-9(11)10(15(17)18)13-12-8-5-3-2-4-6-8/h2-6,12H,1H3,(H2,11,14)/b13-10+. The van der Waals surface area contributed by atoms with Gasteiger partial charge in [-0.2, -0.15) is 5.43 Å². The van der Waals surface area contributed by atoms with Gasteiger partial charge in [-0.3, -0.25) is 0 Å². The third-order valence-corrected chi connectivity index (χ3v) is 1.74. The van der Waals surface area contributed by atoms with Crippen LogP contribution in [0.4, 0.5) is 5.69 Å². The van der Waals surface area contributed by atoms with E-state index in [-0.39, 0.29) is 0 Å². The van der Waals surface area contributed by atoms with Crippen LogP contribution in [0.25, 0.3) is 0 Å². The van der Waals surface area contributed by atoms with E-state index in [1.165, 1.54) is 0 Å². The maximum Gasteiger partial charge on any atom is 0.433 e. The number of hydrogen-bond acceptors (Lipinski definition) is 7. The number of hydrazone groups is 1. The Morgan fingerprint density at radius 3 is 2.58 bits per heavy atom. The lowest BCUT2D eigenvalue weighted by Gasteiger charge is -1.98. The summed E-state index contributed by atoms with van der Waals surface area (Å²) in [6.45, 7) is 1.09. The minimum atomic E-state index is -0.849. The third kappa shape index (κ3) is 4.81. The molecular formula is C10H11N5O4. The summed E-state index contributed by atoms with van der Waals surface area (Å²) in [7, 11) is 0. The minimum absolute atomic E-state index is 0.530. The Hall–Kier alpha value is -2.97. The number of carbonyl (C=O) groups excluding carboxylic acids is 1. The molecule has 100 valence electrons. The van der Waals surface area contributed by atoms with Crippen molar-refractivity contribution in [2.45, 2.75) is 6.92 Å². The van der Waals surface area contributed by atoms with Gasteiger partial charge in [0.25, 0.3) is 5.84 Å². The molecule has 0 unspecified atom stereocenters. The summed E-state index contributed by atoms with van der Waals surface area (Å²) in [6, 6.07) is 8.53. The summed E-state index contributed by atoms with van der Waals surface area (Å²) in [5.74, 6) is -2.13. The van der Waals surface area contributed by atoms with E-state index in [9.17, 15) is 14.9 Å². The van der Waals surface area contributed by atoms with E-state index in [1.54, 1.807) is 30.3 Å². The van der Waals surface area contributed by atoms with Crippen molar-refractivity contribution in [2.75, 3.05) is 5.43 Å². The van der Waals surface area contributed by atoms with Crippen molar-refractivity contribution in [1.82, 2.24) is 0 Å². The summed E-state index contributed by atoms with van der Waals surface area (Å²) in [5, 5.41) is 17.3. The number of carbonyl (C=O) groups is 1. The van der Waals surface area contributed by atoms with E-state index in [4.69, 9.17) is 5.73 Å². The van der Waals surface area contributed by atoms with Crippen LogP contribution in [-0.4, -0.2) is 22.6 Å². The number of amidine groups is 2. The Kier molecular flexibility index (Phi) is 4.96. The van der Waals surface area contributed by atoms with E-state index in [0.29, 0.717) is 5.69 Å². The molecule has 0 fully saturated rings. The number of nitrogens with zero attached hydrogens (tertiary/aromatic N) is 3. The molecule has 0 saturated carbocycles. The number of nitrogens with two attached hydrogens (primary N) is 1. The van der Waals surface area contributed by atoms with Crippen molar-refractivity contribution < 1.29 is 14.6 Å². The molecule has 9 nitrogen and oxygen atoms in total. The van der Waals surface area contributed by atoms with Crippen molar-refractivity contribution in [3.05, 3.63) is 40.4 Å². The second-order valence-corrected chi connectivity index (χ2v) is 3.23. The average molecular weight is 265 g/mol. The predicted molar refractivity (Wildman–Crippen MR) is 67.9 cm³/mol. The normalized spacial score (nSPS) is 11.8. The van der Waals surface area contributed by atoms with Gasteiger partial charge in [0, 0.05) is 6.92 Å². The molecule has 9 heteroatoms. The highest BCUT2D eigenvalue weighted by molar-refractivity contribution is 6.36. The summed E-state index contributed by atoms with van der Waals surface area (Å²) < 4.78 is 0. The van der Waals surface area contributed by atoms with E-state index >= 15 is 0 Å². The molecule has 19 heavy (non-hydrogen) atoms. The number of rotatable bonds is 3. The molecule has 0 saturated heterocycles. The second-order valence-electron chi connectivity index (χ2n) is 3.23. The van der Waals surface area contributed by atoms with Gasteiger partial charge in [0.2, 0.25) is 0 Å². The fourth-order valence-corrected chi connectivity index (χ4v) is 0.976. The van der Waals surface area contributed by atoms with Gasteiger partial charge in [-0.05, 0) is 22.2 Å². The van der Waals surface area contributed by atoms with Crippen LogP contribution in [0.1, 0.15) is 6.92 Å². The molecular weight excluding hydrogens is 254 g/mol. The third-order valence-electron chi connectivity index (χ3n) is 1.74. The van der Waals surface area contributed by atoms with Crippen molar-refractivity contribution in [2.24, 2.45) is 16.0 Å². The molecule has 0 atom stereocenters. The van der Waals surface area contributed by atoms with Gasteiger partial charge in [0.1, 0.15) is 0 Å². The number of hydrogen-bond donors (Lipinski definition) is 2. The molecule has 1 rings (SSSR count). The first-order valence-corrected chi connectivity index (χ1v) is 5.05. The zero-order valence-corrected chi connectivity index (χ0v) is 9.94. The molecule has 0 bridgehead atoms. The van der Waals surface area contributed by atoms with Gasteiger partial charge in [-0.1, -0.05) is 18.2 Å². The van der Waals surface area contributed by atoms with Gasteiger partial charge in [-0.15, -0.1) is 0 Å². The number of para-hydroxylation sites is 1. The molecule has 0 amide bonds. The molecule has 0 heterocycles. The van der Waals surface area contributed by atoms with Crippen LogP contribution in [0, 0.1) is 10.1 Å². The number of oxime groups is 1. The Labute approximate surface area is 107 Å². The summed E-state index contributed by atoms with van der Waals surface area (Å²) >= 11 is 0. The monoisotopic (exact) mass is 265 g/mol. The van der Waals surface area contributed by atoms with Crippen LogP contribution in [-0.2, 0) is 9.63 Å². The van der Waals surface area contributed by atoms with Gasteiger partial charge in [0.15, 0.2) is 0 Å². The fraction of sp³-hybridized carbons (Fsp3) is 0.100. The van der Waals surface area contributed by atoms with E-state index in [1.807, 2.05) is 0 Å². The van der Waals surface area contributed by atoms with Crippen molar-refractivity contribution in [1.29, 1.82) is 0 Å². The molecule has 1 aromatic carbocycles. The first-order chi connectivity index (χ1) is 9.00. The lowest BCUT2D eigenvalue weighted by molar-refractivity contribution is -0.346. The van der Waals surface area contributed by atoms with E-state index < -0.39 is 22.6 Å². The van der Waals surface area contributed by atoms with Gasteiger partial charge in [0.05, 0.1) is 10.8 Å². The van der Waals surface area contributed by atoms with Crippen LogP contribution in [0.2, 0.25) is 0 Å². The highest BCUT2D eigenvalue weighted by atomic mass is 16.7. The Bertz CT molecular complexity index is 526. The van der Waals surface area contributed by atoms with E-state index in [2.05, 4.69) is 20.5 Å². The quantitative estimate of drug-likeness (QED) is 0.269. The molecule has 0 aliphatic heterocycles. The Morgan fingerprint density at radius 2 is 2.05 bits per heavy atom. The summed E-state index contributed by atoms with van der Waals surface area (Å²) in [6.07, 6.45) is 0. The number of anilines is 1. The number of benzene rings is 1. The minimum Gasteiger partial charge on any atom is -0.374 e. The predicted octanol–water partition coefficient (Wildman–Crippen LogP) is 0.524. The van der Waals surface area contributed by atoms with Crippen LogP contribution >= 0.6 is 0 Å². The van der Waals surface area contributed by atoms with E-state index in [0.717, 1.165) is 6.92 Å². The lowest BCUT2D eigenvalue weighted by Crippen LogP contribution is -2.31. The van der Waals surface area contributed by atoms with Gasteiger partial charge >= 0.3 is 11.8 Å². The summed E-state index contributed by atoms with van der Waals surface area (Å²) in [5.41, 5.74) is 8.26. The number of nitrogens with one attached hydrogen (secondary N) is 1. The lowest BCUT2D eigenvalue weighted by atomic mass is 10.3. The second kappa shape index (κ2) is 6.69. The van der Waals surface area contributed by atoms with Crippen LogP contribution in [0.15, 0.2) is 40.6 Å². The molecule has 0 aliphatic rings. The van der Waals surface area contributed by atoms with Gasteiger partial charge in [-0.25, -0.2) is 4.79 Å². The zero-order valence-electron chi connectivity index (χ0n) is 9.94. The Morgan fingerprint density at radius 1 is 1.42 bits per heavy atom. The zero-order chi connectivity index (χ0) is 14.3. The summed E-state index contributed by atoms with van der Waals surface area (Å²) in [4.78, 5) is 24.6. The molecule has 1 aromatic rings. The first-order valence-electron chi connectivity index (χ1n) is 5.05. The molecule has 0 radical (unpaired) electrons. The van der Waals surface area contributed by atoms with Crippen molar-refractivity contribution >= 4 is 23.3 Å². The first kappa shape index (κ1) is 14.1. The molecule has 0 aromatic heterocycles. The largest absolute Gasteiger partial charge is 0.433 e. The maximum atomic E-state index is 10.7. The van der Waals surface area contributed by atoms with Crippen LogP contribution < -0.4 is 11.2 Å². The van der Waals surface area contributed by atoms with Crippen LogP contribution in [0.3, 0.4) is 0 Å². The molecule has 3 N–H and O–H groups in total. The molecule has 0 spiro atoms. The average Bonchev–Trinajstić information content (AvgIpc) is 2.37. The molecule has 0 aliphatic carbocycles. The highest BCUT2D eigenvalue weighted by Gasteiger charge is 2.20. The van der Waals surface area contributed by atoms with Crippen molar-refractivity contribution in [3.63, 3.8) is 0 Å². The number of nitro groups is 1. The fourth-order valence-electron chi connectivity index (χ4n) is 0.976. The highest BCUT2D eigenvalue weighted by Crippen LogP contribution is 2.04.